The van der Waals surface area contributed by atoms with Crippen LogP contribution in [0.5, 0.6) is 0 Å². The van der Waals surface area contributed by atoms with Crippen molar-refractivity contribution < 1.29 is 5.11 Å². The molecule has 1 atom stereocenters. The van der Waals surface area contributed by atoms with Gasteiger partial charge in [-0.1, -0.05) is 18.5 Å². The van der Waals surface area contributed by atoms with Crippen molar-refractivity contribution in [3.05, 3.63) is 20.8 Å². The molecule has 0 bridgehead atoms. The lowest BCUT2D eigenvalue weighted by molar-refractivity contribution is 0.190. The molecule has 12 heavy (non-hydrogen) atoms. The predicted molar refractivity (Wildman–Crippen MR) is 52.7 cm³/mol. The Morgan fingerprint density at radius 2 is 2.42 bits per heavy atom. The molecule has 1 heterocycles. The number of nitrogens with two attached hydrogens (primary N) is 1. The van der Waals surface area contributed by atoms with Gasteiger partial charge in [-0.05, 0) is 12.5 Å². The molecule has 0 saturated heterocycles. The van der Waals surface area contributed by atoms with E-state index in [4.69, 9.17) is 17.3 Å². The van der Waals surface area contributed by atoms with Crippen molar-refractivity contribution in [2.24, 2.45) is 5.73 Å². The van der Waals surface area contributed by atoms with Gasteiger partial charge in [0, 0.05) is 16.3 Å². The second-order valence-electron chi connectivity index (χ2n) is 2.52. The molecular formula is C8H12ClNOS. The van der Waals surface area contributed by atoms with Gasteiger partial charge in [-0.15, -0.1) is 11.3 Å². The lowest BCUT2D eigenvalue weighted by Gasteiger charge is -2.01. The number of rotatable bonds is 3. The Hall–Kier alpha value is -0.0900. The Morgan fingerprint density at radius 1 is 1.75 bits per heavy atom. The lowest BCUT2D eigenvalue weighted by Crippen LogP contribution is -2.09. The fourth-order valence-corrected chi connectivity index (χ4v) is 2.37. The van der Waals surface area contributed by atoms with Gasteiger partial charge in [-0.3, -0.25) is 0 Å². The zero-order chi connectivity index (χ0) is 9.14. The summed E-state index contributed by atoms with van der Waals surface area (Å²) in [6.45, 7) is 2.29. The molecule has 3 N–H and O–H groups in total. The summed E-state index contributed by atoms with van der Waals surface area (Å²) < 4.78 is 0. The summed E-state index contributed by atoms with van der Waals surface area (Å²) in [4.78, 5) is 1.97. The van der Waals surface area contributed by atoms with Crippen LogP contribution in [0, 0.1) is 0 Å². The van der Waals surface area contributed by atoms with E-state index >= 15 is 0 Å². The highest BCUT2D eigenvalue weighted by molar-refractivity contribution is 7.12. The molecule has 0 spiro atoms. The van der Waals surface area contributed by atoms with Crippen molar-refractivity contribution in [1.29, 1.82) is 0 Å². The minimum absolute atomic E-state index is 0.250. The van der Waals surface area contributed by atoms with Crippen LogP contribution >= 0.6 is 22.9 Å². The van der Waals surface area contributed by atoms with Crippen LogP contribution in [0.1, 0.15) is 22.8 Å². The Kier molecular flexibility index (Phi) is 3.53. The fraction of sp³-hybridized carbons (Fsp3) is 0.500. The van der Waals surface area contributed by atoms with Crippen molar-refractivity contribution in [3.63, 3.8) is 0 Å². The van der Waals surface area contributed by atoms with E-state index in [0.29, 0.717) is 0 Å². The minimum atomic E-state index is -0.562. The normalized spacial score (nSPS) is 13.3. The van der Waals surface area contributed by atoms with Crippen LogP contribution < -0.4 is 5.73 Å². The first-order valence-corrected chi connectivity index (χ1v) is 5.04. The van der Waals surface area contributed by atoms with E-state index in [1.54, 1.807) is 6.07 Å². The molecule has 1 aromatic heterocycles. The largest absolute Gasteiger partial charge is 0.386 e. The number of thiophene rings is 1. The molecule has 68 valence electrons. The topological polar surface area (TPSA) is 46.2 Å². The summed E-state index contributed by atoms with van der Waals surface area (Å²) in [6, 6.07) is 1.79. The van der Waals surface area contributed by atoms with E-state index in [1.807, 2.05) is 6.92 Å². The van der Waals surface area contributed by atoms with Crippen molar-refractivity contribution in [2.75, 3.05) is 6.54 Å². The standard InChI is InChI=1S/C8H12ClNOS/c1-2-7-5(9)3-8(12-7)6(11)4-10/h3,6,11H,2,4,10H2,1H3. The molecule has 0 amide bonds. The van der Waals surface area contributed by atoms with E-state index in [1.165, 1.54) is 11.3 Å². The van der Waals surface area contributed by atoms with Gasteiger partial charge in [-0.2, -0.15) is 0 Å². The number of aliphatic hydroxyl groups excluding tert-OH is 1. The first-order chi connectivity index (χ1) is 5.69. The van der Waals surface area contributed by atoms with Gasteiger partial charge in [0.05, 0.1) is 5.02 Å². The van der Waals surface area contributed by atoms with Crippen molar-refractivity contribution >= 4 is 22.9 Å². The number of aliphatic hydroxyl groups is 1. The molecule has 0 aliphatic carbocycles. The van der Waals surface area contributed by atoms with E-state index in [9.17, 15) is 5.11 Å². The van der Waals surface area contributed by atoms with Crippen LogP contribution in [0.3, 0.4) is 0 Å². The van der Waals surface area contributed by atoms with Gasteiger partial charge in [0.1, 0.15) is 6.10 Å². The SMILES string of the molecule is CCc1sc(C(O)CN)cc1Cl. The molecule has 0 aromatic carbocycles. The van der Waals surface area contributed by atoms with Gasteiger partial charge < -0.3 is 10.8 Å². The maximum Gasteiger partial charge on any atom is 0.100 e. The summed E-state index contributed by atoms with van der Waals surface area (Å²) in [5, 5.41) is 10.1. The van der Waals surface area contributed by atoms with Gasteiger partial charge in [0.2, 0.25) is 0 Å². The van der Waals surface area contributed by atoms with E-state index in [-0.39, 0.29) is 6.54 Å². The lowest BCUT2D eigenvalue weighted by atomic mass is 10.3. The second kappa shape index (κ2) is 4.23. The monoisotopic (exact) mass is 205 g/mol. The molecule has 0 fully saturated rings. The summed E-state index contributed by atoms with van der Waals surface area (Å²) in [5.41, 5.74) is 5.32. The minimum Gasteiger partial charge on any atom is -0.386 e. The fourth-order valence-electron chi connectivity index (χ4n) is 0.947. The smallest absolute Gasteiger partial charge is 0.100 e. The zero-order valence-electron chi connectivity index (χ0n) is 6.88. The Morgan fingerprint density at radius 3 is 2.83 bits per heavy atom. The maximum absolute atomic E-state index is 9.39. The third-order valence-electron chi connectivity index (χ3n) is 1.65. The average molecular weight is 206 g/mol. The van der Waals surface area contributed by atoms with Crippen molar-refractivity contribution in [1.82, 2.24) is 0 Å². The van der Waals surface area contributed by atoms with Crippen LogP contribution in [0.15, 0.2) is 6.07 Å². The highest BCUT2D eigenvalue weighted by Crippen LogP contribution is 2.30. The van der Waals surface area contributed by atoms with Crippen molar-refractivity contribution in [2.45, 2.75) is 19.4 Å². The molecule has 1 unspecified atom stereocenters. The third-order valence-corrected chi connectivity index (χ3v) is 3.48. The highest BCUT2D eigenvalue weighted by Gasteiger charge is 2.11. The van der Waals surface area contributed by atoms with Gasteiger partial charge in [0.15, 0.2) is 0 Å². The number of hydrogen-bond acceptors (Lipinski definition) is 3. The molecule has 1 aromatic rings. The molecule has 4 heteroatoms. The molecule has 0 radical (unpaired) electrons. The predicted octanol–water partition coefficient (Wildman–Crippen LogP) is 1.96. The summed E-state index contributed by atoms with van der Waals surface area (Å²) in [7, 11) is 0. The van der Waals surface area contributed by atoms with E-state index in [0.717, 1.165) is 21.2 Å². The first-order valence-electron chi connectivity index (χ1n) is 3.85. The van der Waals surface area contributed by atoms with Gasteiger partial charge in [0.25, 0.3) is 0 Å². The first kappa shape index (κ1) is 9.99. The van der Waals surface area contributed by atoms with Crippen LogP contribution in [0.2, 0.25) is 5.02 Å². The molecule has 0 saturated carbocycles. The molecule has 2 nitrogen and oxygen atoms in total. The average Bonchev–Trinajstić information content (AvgIpc) is 2.45. The quantitative estimate of drug-likeness (QED) is 0.793. The highest BCUT2D eigenvalue weighted by atomic mass is 35.5. The van der Waals surface area contributed by atoms with Crippen molar-refractivity contribution in [3.8, 4) is 0 Å². The van der Waals surface area contributed by atoms with Crippen LogP contribution in [0.25, 0.3) is 0 Å². The maximum atomic E-state index is 9.39. The van der Waals surface area contributed by atoms with Crippen LogP contribution in [-0.2, 0) is 6.42 Å². The molecular weight excluding hydrogens is 194 g/mol. The number of hydrogen-bond donors (Lipinski definition) is 2. The summed E-state index contributed by atoms with van der Waals surface area (Å²) >= 11 is 7.43. The molecule has 0 aliphatic rings. The Balaban J connectivity index is 2.88. The van der Waals surface area contributed by atoms with E-state index in [2.05, 4.69) is 0 Å². The third kappa shape index (κ3) is 1.98. The number of aryl methyl sites for hydroxylation is 1. The Bertz CT molecular complexity index is 262. The number of halogens is 1. The summed E-state index contributed by atoms with van der Waals surface area (Å²) in [6.07, 6.45) is 0.341. The zero-order valence-corrected chi connectivity index (χ0v) is 8.45. The Labute approximate surface area is 81.0 Å². The van der Waals surface area contributed by atoms with Crippen LogP contribution in [-0.4, -0.2) is 11.7 Å². The van der Waals surface area contributed by atoms with Crippen LogP contribution in [0.4, 0.5) is 0 Å². The second-order valence-corrected chi connectivity index (χ2v) is 4.10. The molecule has 0 aliphatic heterocycles. The van der Waals surface area contributed by atoms with Gasteiger partial charge >= 0.3 is 0 Å². The van der Waals surface area contributed by atoms with Gasteiger partial charge in [-0.25, -0.2) is 0 Å². The van der Waals surface area contributed by atoms with E-state index < -0.39 is 6.10 Å². The summed E-state index contributed by atoms with van der Waals surface area (Å²) in [5.74, 6) is 0. The molecule has 1 rings (SSSR count).